The summed E-state index contributed by atoms with van der Waals surface area (Å²) < 4.78 is 5.32. The predicted molar refractivity (Wildman–Crippen MR) is 112 cm³/mol. The standard InChI is InChI=1S/C22H32N4O2/c1-3-23-21(25-17-22(2,27)20-7-6-14-28-20)24-15-18-8-10-19(11-9-18)16-26-12-4-5-13-26/h6-11,14,27H,3-5,12-13,15-17H2,1-2H3,(H2,23,24,25). The number of benzene rings is 1. The average Bonchev–Trinajstić information content (AvgIpc) is 3.39. The number of nitrogens with one attached hydrogen (secondary N) is 2. The van der Waals surface area contributed by atoms with Crippen molar-refractivity contribution in [2.75, 3.05) is 26.2 Å². The Bertz CT molecular complexity index is 732. The van der Waals surface area contributed by atoms with Gasteiger partial charge in [-0.25, -0.2) is 4.99 Å². The van der Waals surface area contributed by atoms with Gasteiger partial charge in [-0.1, -0.05) is 24.3 Å². The third-order valence-electron chi connectivity index (χ3n) is 5.04. The first kappa shape index (κ1) is 20.4. The molecule has 2 heterocycles. The van der Waals surface area contributed by atoms with Gasteiger partial charge in [-0.3, -0.25) is 4.90 Å². The van der Waals surface area contributed by atoms with Crippen LogP contribution in [0.1, 0.15) is 43.6 Å². The van der Waals surface area contributed by atoms with Crippen molar-refractivity contribution in [3.05, 3.63) is 59.5 Å². The van der Waals surface area contributed by atoms with Gasteiger partial charge in [0, 0.05) is 13.1 Å². The van der Waals surface area contributed by atoms with E-state index in [0.717, 1.165) is 13.1 Å². The topological polar surface area (TPSA) is 73.0 Å². The van der Waals surface area contributed by atoms with Gasteiger partial charge >= 0.3 is 0 Å². The maximum Gasteiger partial charge on any atom is 0.191 e. The van der Waals surface area contributed by atoms with Crippen LogP contribution in [0.5, 0.6) is 0 Å². The van der Waals surface area contributed by atoms with E-state index < -0.39 is 5.60 Å². The van der Waals surface area contributed by atoms with Gasteiger partial charge in [0.15, 0.2) is 5.96 Å². The fourth-order valence-electron chi connectivity index (χ4n) is 3.39. The zero-order valence-corrected chi connectivity index (χ0v) is 16.9. The monoisotopic (exact) mass is 384 g/mol. The zero-order chi connectivity index (χ0) is 19.8. The number of hydrogen-bond acceptors (Lipinski definition) is 4. The van der Waals surface area contributed by atoms with Crippen LogP contribution in [0.4, 0.5) is 0 Å². The van der Waals surface area contributed by atoms with E-state index in [4.69, 9.17) is 4.42 Å². The fraction of sp³-hybridized carbons (Fsp3) is 0.500. The van der Waals surface area contributed by atoms with E-state index in [0.29, 0.717) is 24.8 Å². The molecule has 1 aliphatic rings. The second-order valence-corrected chi connectivity index (χ2v) is 7.60. The second-order valence-electron chi connectivity index (χ2n) is 7.60. The largest absolute Gasteiger partial charge is 0.466 e. The quantitative estimate of drug-likeness (QED) is 0.482. The van der Waals surface area contributed by atoms with Crippen LogP contribution in [0.3, 0.4) is 0 Å². The number of likely N-dealkylation sites (tertiary alicyclic amines) is 1. The van der Waals surface area contributed by atoms with Gasteiger partial charge in [0.1, 0.15) is 11.4 Å². The summed E-state index contributed by atoms with van der Waals surface area (Å²) in [6.07, 6.45) is 4.20. The highest BCUT2D eigenvalue weighted by Gasteiger charge is 2.26. The summed E-state index contributed by atoms with van der Waals surface area (Å²) in [5.41, 5.74) is 1.42. The van der Waals surface area contributed by atoms with Crippen LogP contribution in [-0.2, 0) is 18.7 Å². The van der Waals surface area contributed by atoms with Crippen molar-refractivity contribution >= 4 is 5.96 Å². The van der Waals surface area contributed by atoms with Gasteiger partial charge in [-0.05, 0) is 63.0 Å². The molecule has 0 amide bonds. The molecule has 152 valence electrons. The molecule has 1 saturated heterocycles. The molecule has 1 aromatic heterocycles. The third kappa shape index (κ3) is 5.84. The molecule has 1 unspecified atom stereocenters. The molecule has 0 spiro atoms. The minimum atomic E-state index is -1.10. The van der Waals surface area contributed by atoms with Gasteiger partial charge in [-0.2, -0.15) is 0 Å². The first-order chi connectivity index (χ1) is 13.6. The maximum atomic E-state index is 10.6. The average molecular weight is 385 g/mol. The molecule has 2 aromatic rings. The van der Waals surface area contributed by atoms with Crippen LogP contribution in [0.15, 0.2) is 52.1 Å². The van der Waals surface area contributed by atoms with E-state index in [1.807, 2.05) is 6.92 Å². The maximum absolute atomic E-state index is 10.6. The molecule has 6 heteroatoms. The van der Waals surface area contributed by atoms with E-state index in [9.17, 15) is 5.11 Å². The smallest absolute Gasteiger partial charge is 0.191 e. The highest BCUT2D eigenvalue weighted by molar-refractivity contribution is 5.79. The normalized spacial score (nSPS) is 17.5. The molecule has 1 fully saturated rings. The summed E-state index contributed by atoms with van der Waals surface area (Å²) in [7, 11) is 0. The molecule has 0 bridgehead atoms. The molecule has 1 atom stereocenters. The lowest BCUT2D eigenvalue weighted by Gasteiger charge is -2.22. The van der Waals surface area contributed by atoms with E-state index in [-0.39, 0.29) is 0 Å². The van der Waals surface area contributed by atoms with Crippen LogP contribution < -0.4 is 10.6 Å². The Labute approximate surface area is 167 Å². The Morgan fingerprint density at radius 1 is 1.14 bits per heavy atom. The molecule has 0 radical (unpaired) electrons. The van der Waals surface area contributed by atoms with Gasteiger partial charge in [0.05, 0.1) is 19.4 Å². The Morgan fingerprint density at radius 3 is 2.50 bits per heavy atom. The van der Waals surface area contributed by atoms with Gasteiger partial charge in [0.2, 0.25) is 0 Å². The van der Waals surface area contributed by atoms with E-state index in [2.05, 4.69) is 44.8 Å². The van der Waals surface area contributed by atoms with Crippen molar-refractivity contribution in [3.63, 3.8) is 0 Å². The van der Waals surface area contributed by atoms with E-state index in [1.165, 1.54) is 37.1 Å². The van der Waals surface area contributed by atoms with E-state index in [1.54, 1.807) is 25.3 Å². The Kier molecular flexibility index (Phi) is 7.12. The molecule has 3 N–H and O–H groups in total. The summed E-state index contributed by atoms with van der Waals surface area (Å²) in [4.78, 5) is 7.15. The van der Waals surface area contributed by atoms with E-state index >= 15 is 0 Å². The number of guanidine groups is 1. The fourth-order valence-corrected chi connectivity index (χ4v) is 3.39. The molecule has 1 aliphatic heterocycles. The Hall–Kier alpha value is -2.31. The first-order valence-electron chi connectivity index (χ1n) is 10.2. The molecule has 28 heavy (non-hydrogen) atoms. The number of furan rings is 1. The lowest BCUT2D eigenvalue weighted by Crippen LogP contribution is -2.44. The van der Waals surface area contributed by atoms with Gasteiger partial charge in [0.25, 0.3) is 0 Å². The predicted octanol–water partition coefficient (Wildman–Crippen LogP) is 2.84. The van der Waals surface area contributed by atoms with Crippen molar-refractivity contribution in [2.45, 2.75) is 45.4 Å². The van der Waals surface area contributed by atoms with Gasteiger partial charge < -0.3 is 20.2 Å². The lowest BCUT2D eigenvalue weighted by molar-refractivity contribution is 0.0386. The minimum absolute atomic E-state index is 0.307. The van der Waals surface area contributed by atoms with Crippen molar-refractivity contribution < 1.29 is 9.52 Å². The first-order valence-corrected chi connectivity index (χ1v) is 10.2. The second kappa shape index (κ2) is 9.75. The summed E-state index contributed by atoms with van der Waals surface area (Å²) in [6.45, 7) is 8.86. The molecular formula is C22H32N4O2. The van der Waals surface area contributed by atoms with Crippen LogP contribution in [0.2, 0.25) is 0 Å². The molecule has 3 rings (SSSR count). The number of hydrogen-bond donors (Lipinski definition) is 3. The van der Waals surface area contributed by atoms with Crippen molar-refractivity contribution in [1.82, 2.24) is 15.5 Å². The number of nitrogens with zero attached hydrogens (tertiary/aromatic N) is 2. The summed E-state index contributed by atoms with van der Waals surface area (Å²) in [5.74, 6) is 1.21. The Balaban J connectivity index is 1.54. The molecule has 0 saturated carbocycles. The summed E-state index contributed by atoms with van der Waals surface area (Å²) in [6, 6.07) is 12.2. The number of aliphatic hydroxyl groups is 1. The molecule has 1 aromatic carbocycles. The number of aliphatic imine (C=N–C) groups is 1. The van der Waals surface area contributed by atoms with Crippen molar-refractivity contribution in [2.24, 2.45) is 4.99 Å². The van der Waals surface area contributed by atoms with Crippen LogP contribution in [-0.4, -0.2) is 42.1 Å². The lowest BCUT2D eigenvalue weighted by atomic mass is 10.0. The van der Waals surface area contributed by atoms with Crippen LogP contribution in [0, 0.1) is 0 Å². The molecule has 6 nitrogen and oxygen atoms in total. The molecule has 0 aliphatic carbocycles. The highest BCUT2D eigenvalue weighted by atomic mass is 16.4. The zero-order valence-electron chi connectivity index (χ0n) is 16.9. The van der Waals surface area contributed by atoms with Crippen LogP contribution in [0.25, 0.3) is 0 Å². The summed E-state index contributed by atoms with van der Waals surface area (Å²) >= 11 is 0. The Morgan fingerprint density at radius 2 is 1.86 bits per heavy atom. The van der Waals surface area contributed by atoms with Crippen molar-refractivity contribution in [1.29, 1.82) is 0 Å². The highest BCUT2D eigenvalue weighted by Crippen LogP contribution is 2.19. The number of rotatable bonds is 8. The SMILES string of the molecule is CCNC(=NCc1ccc(CN2CCCC2)cc1)NCC(C)(O)c1ccco1. The summed E-state index contributed by atoms with van der Waals surface area (Å²) in [5, 5.41) is 17.0. The third-order valence-corrected chi connectivity index (χ3v) is 5.04. The van der Waals surface area contributed by atoms with Crippen LogP contribution >= 0.6 is 0 Å². The van der Waals surface area contributed by atoms with Gasteiger partial charge in [-0.15, -0.1) is 0 Å². The van der Waals surface area contributed by atoms with Crippen molar-refractivity contribution in [3.8, 4) is 0 Å². The molecular weight excluding hydrogens is 352 g/mol. The minimum Gasteiger partial charge on any atom is -0.466 e.